The lowest BCUT2D eigenvalue weighted by atomic mass is 9.77. The van der Waals surface area contributed by atoms with Crippen LogP contribution in [0, 0.1) is 5.92 Å². The summed E-state index contributed by atoms with van der Waals surface area (Å²) in [5.74, 6) is 1.37. The molecule has 0 bridgehead atoms. The second kappa shape index (κ2) is 10.2. The summed E-state index contributed by atoms with van der Waals surface area (Å²) in [6, 6.07) is 16.8. The minimum atomic E-state index is -0.480. The molecule has 0 aromatic heterocycles. The normalized spacial score (nSPS) is 23.9. The zero-order chi connectivity index (χ0) is 24.4. The average Bonchev–Trinajstić information content (AvgIpc) is 3.14. The fourth-order valence-electron chi connectivity index (χ4n) is 5.40. The molecule has 1 aliphatic carbocycles. The van der Waals surface area contributed by atoms with Crippen molar-refractivity contribution in [2.24, 2.45) is 5.92 Å². The molecule has 2 aliphatic heterocycles. The highest BCUT2D eigenvalue weighted by Gasteiger charge is 2.51. The fraction of sp³-hybridized carbons (Fsp3) is 0.448. The molecule has 184 valence electrons. The number of ketones is 1. The van der Waals surface area contributed by atoms with Crippen LogP contribution in [0.4, 0.5) is 0 Å². The first-order valence-electron chi connectivity index (χ1n) is 12.7. The summed E-state index contributed by atoms with van der Waals surface area (Å²) in [6.45, 7) is 5.03. The Kier molecular flexibility index (Phi) is 6.91. The molecular weight excluding hydrogens is 442 g/mol. The van der Waals surface area contributed by atoms with Crippen molar-refractivity contribution in [3.05, 3.63) is 71.5 Å². The zero-order valence-corrected chi connectivity index (χ0v) is 20.4. The molecule has 2 aromatic rings. The molecule has 1 saturated carbocycles. The van der Waals surface area contributed by atoms with Crippen LogP contribution in [-0.2, 0) is 19.1 Å². The van der Waals surface area contributed by atoms with E-state index in [0.29, 0.717) is 30.9 Å². The predicted molar refractivity (Wildman–Crippen MR) is 132 cm³/mol. The topological polar surface area (TPSA) is 65.1 Å². The third-order valence-corrected chi connectivity index (χ3v) is 7.01. The van der Waals surface area contributed by atoms with E-state index in [2.05, 4.69) is 0 Å². The highest BCUT2D eigenvalue weighted by molar-refractivity contribution is 6.11. The van der Waals surface area contributed by atoms with Crippen molar-refractivity contribution in [2.75, 3.05) is 13.2 Å². The van der Waals surface area contributed by atoms with E-state index in [-0.39, 0.29) is 35.6 Å². The van der Waals surface area contributed by atoms with Crippen LogP contribution < -0.4 is 4.74 Å². The maximum Gasteiger partial charge on any atom is 0.290 e. The van der Waals surface area contributed by atoms with Gasteiger partial charge in [0.05, 0.1) is 23.6 Å². The molecule has 35 heavy (non-hydrogen) atoms. The molecule has 3 aliphatic rings. The Morgan fingerprint density at radius 3 is 2.57 bits per heavy atom. The number of Topliss-reactive ketones (excluding diaryl/α,β-unsaturated/α-hetero) is 1. The number of carbonyl (C=O) groups is 2. The van der Waals surface area contributed by atoms with Gasteiger partial charge < -0.3 is 19.1 Å². The average molecular weight is 476 g/mol. The lowest BCUT2D eigenvalue weighted by Gasteiger charge is -2.35. The number of rotatable bonds is 8. The lowest BCUT2D eigenvalue weighted by Crippen LogP contribution is -2.39. The summed E-state index contributed by atoms with van der Waals surface area (Å²) in [7, 11) is 0. The summed E-state index contributed by atoms with van der Waals surface area (Å²) in [5.41, 5.74) is 1.37. The summed E-state index contributed by atoms with van der Waals surface area (Å²) < 4.78 is 18.0. The van der Waals surface area contributed by atoms with E-state index in [1.54, 1.807) is 4.90 Å². The van der Waals surface area contributed by atoms with E-state index in [1.807, 2.05) is 68.4 Å². The Hall–Kier alpha value is -3.12. The highest BCUT2D eigenvalue weighted by atomic mass is 16.5. The monoisotopic (exact) mass is 475 g/mol. The number of para-hydroxylation sites is 1. The summed E-state index contributed by atoms with van der Waals surface area (Å²) >= 11 is 0. The van der Waals surface area contributed by atoms with Crippen LogP contribution in [0.3, 0.4) is 0 Å². The van der Waals surface area contributed by atoms with Crippen LogP contribution in [0.5, 0.6) is 11.5 Å². The molecule has 1 amide bonds. The maximum atomic E-state index is 13.7. The Morgan fingerprint density at radius 1 is 1.00 bits per heavy atom. The number of ether oxygens (including phenoxy) is 3. The Labute approximate surface area is 206 Å². The van der Waals surface area contributed by atoms with Crippen molar-refractivity contribution in [1.29, 1.82) is 0 Å². The van der Waals surface area contributed by atoms with E-state index in [1.165, 1.54) is 0 Å². The SMILES string of the molecule is CC(C)OCCCN1C(=O)C2=C(C(=O)C3CCCCC3O2)C1c1cccc(Oc2ccccc2)c1. The van der Waals surface area contributed by atoms with Crippen molar-refractivity contribution in [3.8, 4) is 11.5 Å². The van der Waals surface area contributed by atoms with E-state index in [4.69, 9.17) is 14.2 Å². The Morgan fingerprint density at radius 2 is 1.77 bits per heavy atom. The van der Waals surface area contributed by atoms with Gasteiger partial charge in [-0.3, -0.25) is 9.59 Å². The fourth-order valence-corrected chi connectivity index (χ4v) is 5.40. The summed E-state index contributed by atoms with van der Waals surface area (Å²) in [4.78, 5) is 29.1. The molecule has 5 rings (SSSR count). The van der Waals surface area contributed by atoms with Gasteiger partial charge in [0.25, 0.3) is 5.91 Å². The van der Waals surface area contributed by atoms with Crippen molar-refractivity contribution < 1.29 is 23.8 Å². The second-order valence-corrected chi connectivity index (χ2v) is 9.82. The van der Waals surface area contributed by atoms with Crippen LogP contribution in [0.2, 0.25) is 0 Å². The summed E-state index contributed by atoms with van der Waals surface area (Å²) in [6.07, 6.45) is 4.33. The first-order valence-corrected chi connectivity index (χ1v) is 12.7. The van der Waals surface area contributed by atoms with Crippen molar-refractivity contribution in [2.45, 2.75) is 64.2 Å². The first kappa shape index (κ1) is 23.6. The van der Waals surface area contributed by atoms with Crippen LogP contribution in [0.1, 0.15) is 57.6 Å². The second-order valence-electron chi connectivity index (χ2n) is 9.82. The van der Waals surface area contributed by atoms with Gasteiger partial charge in [-0.25, -0.2) is 0 Å². The molecule has 1 fully saturated rings. The largest absolute Gasteiger partial charge is 0.483 e. The van der Waals surface area contributed by atoms with Crippen LogP contribution in [-0.4, -0.2) is 41.9 Å². The van der Waals surface area contributed by atoms with E-state index in [0.717, 1.165) is 37.0 Å². The lowest BCUT2D eigenvalue weighted by molar-refractivity contribution is -0.135. The van der Waals surface area contributed by atoms with Gasteiger partial charge >= 0.3 is 0 Å². The Bertz CT molecular complexity index is 1110. The van der Waals surface area contributed by atoms with E-state index < -0.39 is 6.04 Å². The number of fused-ring (bicyclic) bond motifs is 1. The van der Waals surface area contributed by atoms with Gasteiger partial charge in [0.15, 0.2) is 11.5 Å². The van der Waals surface area contributed by atoms with Gasteiger partial charge in [-0.05, 0) is 69.4 Å². The molecule has 2 heterocycles. The van der Waals surface area contributed by atoms with Crippen molar-refractivity contribution in [1.82, 2.24) is 4.90 Å². The number of benzene rings is 2. The Balaban J connectivity index is 1.47. The van der Waals surface area contributed by atoms with Gasteiger partial charge in [-0.1, -0.05) is 36.8 Å². The molecule has 0 N–H and O–H groups in total. The van der Waals surface area contributed by atoms with Crippen molar-refractivity contribution in [3.63, 3.8) is 0 Å². The molecule has 6 nitrogen and oxygen atoms in total. The van der Waals surface area contributed by atoms with Crippen molar-refractivity contribution >= 4 is 11.7 Å². The number of hydrogen-bond donors (Lipinski definition) is 0. The molecular formula is C29H33NO5. The number of nitrogens with zero attached hydrogens (tertiary/aromatic N) is 1. The van der Waals surface area contributed by atoms with Gasteiger partial charge in [0.2, 0.25) is 0 Å². The van der Waals surface area contributed by atoms with Gasteiger partial charge in [-0.15, -0.1) is 0 Å². The highest BCUT2D eigenvalue weighted by Crippen LogP contribution is 2.47. The summed E-state index contributed by atoms with van der Waals surface area (Å²) in [5, 5.41) is 0. The molecule has 0 spiro atoms. The number of carbonyl (C=O) groups excluding carboxylic acids is 2. The molecule has 6 heteroatoms. The standard InChI is InChI=1S/C29H33NO5/c1-19(2)33-17-9-16-30-26(20-10-8-13-22(18-20)34-21-11-4-3-5-12-21)25-27(31)23-14-6-7-15-24(23)35-28(25)29(30)32/h3-5,8,10-13,18-19,23-24,26H,6-7,9,14-17H2,1-2H3. The smallest absolute Gasteiger partial charge is 0.290 e. The maximum absolute atomic E-state index is 13.7. The quantitative estimate of drug-likeness (QED) is 0.466. The third-order valence-electron chi connectivity index (χ3n) is 7.01. The molecule has 0 radical (unpaired) electrons. The first-order chi connectivity index (χ1) is 17.0. The molecule has 2 aromatic carbocycles. The van der Waals surface area contributed by atoms with E-state index in [9.17, 15) is 9.59 Å². The van der Waals surface area contributed by atoms with Crippen LogP contribution >= 0.6 is 0 Å². The van der Waals surface area contributed by atoms with E-state index >= 15 is 0 Å². The van der Waals surface area contributed by atoms with Gasteiger partial charge in [-0.2, -0.15) is 0 Å². The van der Waals surface area contributed by atoms with Crippen LogP contribution in [0.25, 0.3) is 0 Å². The molecule has 3 unspecified atom stereocenters. The number of amides is 1. The van der Waals surface area contributed by atoms with Gasteiger partial charge in [0, 0.05) is 13.2 Å². The third kappa shape index (κ3) is 4.85. The molecule has 3 atom stereocenters. The predicted octanol–water partition coefficient (Wildman–Crippen LogP) is 5.59. The zero-order valence-electron chi connectivity index (χ0n) is 20.4. The van der Waals surface area contributed by atoms with Crippen LogP contribution in [0.15, 0.2) is 65.9 Å². The minimum absolute atomic E-state index is 0.0737. The van der Waals surface area contributed by atoms with Gasteiger partial charge in [0.1, 0.15) is 17.6 Å². The molecule has 0 saturated heterocycles. The number of hydrogen-bond acceptors (Lipinski definition) is 5. The minimum Gasteiger partial charge on any atom is -0.483 e.